The van der Waals surface area contributed by atoms with E-state index >= 15 is 0 Å². The number of carbonyl (C=O) groups excluding carboxylic acids is 1. The third-order valence-electron chi connectivity index (χ3n) is 4.54. The predicted molar refractivity (Wildman–Crippen MR) is 98.9 cm³/mol. The lowest BCUT2D eigenvalue weighted by Gasteiger charge is -2.02. The van der Waals surface area contributed by atoms with E-state index in [0.717, 1.165) is 29.7 Å². The number of nitrogens with zero attached hydrogens (tertiary/aromatic N) is 6. The van der Waals surface area contributed by atoms with Gasteiger partial charge >= 0.3 is 0 Å². The highest BCUT2D eigenvalue weighted by Crippen LogP contribution is 2.30. The van der Waals surface area contributed by atoms with Crippen LogP contribution >= 0.6 is 0 Å². The zero-order valence-electron chi connectivity index (χ0n) is 14.5. The number of amides is 1. The van der Waals surface area contributed by atoms with E-state index in [2.05, 4.69) is 25.5 Å². The molecule has 134 valence electrons. The molecule has 4 aromatic rings. The van der Waals surface area contributed by atoms with E-state index in [1.807, 2.05) is 47.4 Å². The minimum Gasteiger partial charge on any atom is -0.293 e. The van der Waals surface area contributed by atoms with Crippen molar-refractivity contribution < 1.29 is 4.79 Å². The van der Waals surface area contributed by atoms with Gasteiger partial charge in [0.25, 0.3) is 0 Å². The Kier molecular flexibility index (Phi) is 3.67. The van der Waals surface area contributed by atoms with E-state index in [1.54, 1.807) is 16.9 Å². The van der Waals surface area contributed by atoms with Crippen LogP contribution in [0.5, 0.6) is 0 Å². The summed E-state index contributed by atoms with van der Waals surface area (Å²) in [5, 5.41) is 11.7. The molecule has 5 rings (SSSR count). The number of anilines is 1. The van der Waals surface area contributed by atoms with Crippen LogP contribution in [0.1, 0.15) is 18.4 Å². The highest BCUT2D eigenvalue weighted by Gasteiger charge is 2.30. The maximum absolute atomic E-state index is 12.0. The third-order valence-corrected chi connectivity index (χ3v) is 4.54. The van der Waals surface area contributed by atoms with Crippen LogP contribution in [0.15, 0.2) is 55.1 Å². The molecule has 0 atom stereocenters. The summed E-state index contributed by atoms with van der Waals surface area (Å²) in [5.41, 5.74) is 3.55. The molecule has 1 N–H and O–H groups in total. The van der Waals surface area contributed by atoms with Gasteiger partial charge in [0.15, 0.2) is 5.65 Å². The fraction of sp³-hybridized carbons (Fsp3) is 0.211. The number of hydrogen-bond acceptors (Lipinski definition) is 5. The monoisotopic (exact) mass is 359 g/mol. The summed E-state index contributed by atoms with van der Waals surface area (Å²) in [6.45, 7) is 0.643. The van der Waals surface area contributed by atoms with E-state index in [0.29, 0.717) is 18.1 Å². The van der Waals surface area contributed by atoms with Crippen molar-refractivity contribution in [2.45, 2.75) is 19.4 Å². The van der Waals surface area contributed by atoms with Gasteiger partial charge in [-0.15, -0.1) is 5.10 Å². The molecule has 8 heteroatoms. The fourth-order valence-electron chi connectivity index (χ4n) is 3.00. The van der Waals surface area contributed by atoms with E-state index in [4.69, 9.17) is 0 Å². The van der Waals surface area contributed by atoms with E-state index < -0.39 is 0 Å². The minimum absolute atomic E-state index is 0.00301. The summed E-state index contributed by atoms with van der Waals surface area (Å²) in [6, 6.07) is 9.67. The van der Waals surface area contributed by atoms with Gasteiger partial charge in [-0.05, 0) is 36.6 Å². The van der Waals surface area contributed by atoms with Crippen molar-refractivity contribution in [3.8, 4) is 11.3 Å². The van der Waals surface area contributed by atoms with Gasteiger partial charge in [0.05, 0.1) is 18.4 Å². The van der Waals surface area contributed by atoms with Gasteiger partial charge < -0.3 is 0 Å². The van der Waals surface area contributed by atoms with Crippen LogP contribution in [-0.4, -0.2) is 35.3 Å². The van der Waals surface area contributed by atoms with E-state index in [9.17, 15) is 4.79 Å². The normalized spacial score (nSPS) is 13.8. The van der Waals surface area contributed by atoms with Gasteiger partial charge in [-0.1, -0.05) is 12.1 Å². The van der Waals surface area contributed by atoms with Crippen LogP contribution in [0.3, 0.4) is 0 Å². The molecule has 8 nitrogen and oxygen atoms in total. The Balaban J connectivity index is 1.44. The maximum Gasteiger partial charge on any atom is 0.249 e. The van der Waals surface area contributed by atoms with Crippen molar-refractivity contribution in [1.29, 1.82) is 0 Å². The second-order valence-corrected chi connectivity index (χ2v) is 6.67. The molecule has 0 saturated heterocycles. The molecular weight excluding hydrogens is 342 g/mol. The Morgan fingerprint density at radius 3 is 2.93 bits per heavy atom. The molecule has 0 radical (unpaired) electrons. The first-order chi connectivity index (χ1) is 13.3. The van der Waals surface area contributed by atoms with Crippen LogP contribution < -0.4 is 5.32 Å². The lowest BCUT2D eigenvalue weighted by atomic mass is 10.2. The Bertz CT molecular complexity index is 1110. The summed E-state index contributed by atoms with van der Waals surface area (Å²) in [6.07, 6.45) is 9.24. The molecule has 4 aromatic heterocycles. The molecule has 1 fully saturated rings. The average molecular weight is 359 g/mol. The molecule has 1 saturated carbocycles. The molecule has 27 heavy (non-hydrogen) atoms. The quantitative estimate of drug-likeness (QED) is 0.591. The second kappa shape index (κ2) is 6.31. The van der Waals surface area contributed by atoms with Gasteiger partial charge in [0.1, 0.15) is 0 Å². The smallest absolute Gasteiger partial charge is 0.249 e. The van der Waals surface area contributed by atoms with Gasteiger partial charge in [-0.3, -0.25) is 19.8 Å². The average Bonchev–Trinajstić information content (AvgIpc) is 3.31. The van der Waals surface area contributed by atoms with Gasteiger partial charge in [-0.25, -0.2) is 4.52 Å². The third kappa shape index (κ3) is 3.17. The first-order valence-corrected chi connectivity index (χ1v) is 8.85. The number of pyridine rings is 2. The number of aromatic nitrogens is 6. The van der Waals surface area contributed by atoms with Crippen LogP contribution in [0.25, 0.3) is 16.9 Å². The SMILES string of the molecule is O=C(Nc1nc2cccc(-c3cnn(Cc4cccnc4)c3)n2n1)C1CC1. The zero-order chi connectivity index (χ0) is 18.2. The van der Waals surface area contributed by atoms with Crippen molar-refractivity contribution in [3.63, 3.8) is 0 Å². The number of carbonyl (C=O) groups is 1. The molecule has 0 spiro atoms. The van der Waals surface area contributed by atoms with Gasteiger partial charge in [0.2, 0.25) is 11.9 Å². The number of hydrogen-bond donors (Lipinski definition) is 1. The van der Waals surface area contributed by atoms with Crippen molar-refractivity contribution in [3.05, 3.63) is 60.7 Å². The van der Waals surface area contributed by atoms with Crippen molar-refractivity contribution in [2.75, 3.05) is 5.32 Å². The zero-order valence-corrected chi connectivity index (χ0v) is 14.5. The van der Waals surface area contributed by atoms with Crippen molar-refractivity contribution in [1.82, 2.24) is 29.4 Å². The van der Waals surface area contributed by atoms with Crippen LogP contribution in [0.4, 0.5) is 5.95 Å². The number of nitrogens with one attached hydrogen (secondary N) is 1. The predicted octanol–water partition coefficient (Wildman–Crippen LogP) is 2.38. The van der Waals surface area contributed by atoms with Gasteiger partial charge in [0, 0.05) is 30.1 Å². The second-order valence-electron chi connectivity index (χ2n) is 6.67. The Labute approximate surface area is 154 Å². The molecular formula is C19H17N7O. The number of fused-ring (bicyclic) bond motifs is 1. The molecule has 1 aliphatic carbocycles. The molecule has 0 bridgehead atoms. The Hall–Kier alpha value is -3.55. The summed E-state index contributed by atoms with van der Waals surface area (Å²) in [7, 11) is 0. The molecule has 0 aromatic carbocycles. The van der Waals surface area contributed by atoms with Crippen LogP contribution in [0, 0.1) is 5.92 Å². The van der Waals surface area contributed by atoms with Crippen LogP contribution in [0.2, 0.25) is 0 Å². The Morgan fingerprint density at radius 1 is 1.19 bits per heavy atom. The van der Waals surface area contributed by atoms with Gasteiger partial charge in [-0.2, -0.15) is 10.1 Å². The van der Waals surface area contributed by atoms with Crippen LogP contribution in [-0.2, 0) is 11.3 Å². The molecule has 1 aliphatic rings. The summed E-state index contributed by atoms with van der Waals surface area (Å²) in [4.78, 5) is 20.5. The highest BCUT2D eigenvalue weighted by atomic mass is 16.2. The van der Waals surface area contributed by atoms with Crippen molar-refractivity contribution in [2.24, 2.45) is 5.92 Å². The highest BCUT2D eigenvalue weighted by molar-refractivity contribution is 5.92. The lowest BCUT2D eigenvalue weighted by molar-refractivity contribution is -0.117. The summed E-state index contributed by atoms with van der Waals surface area (Å²) >= 11 is 0. The molecule has 0 unspecified atom stereocenters. The summed E-state index contributed by atoms with van der Waals surface area (Å²) in [5.74, 6) is 0.445. The Morgan fingerprint density at radius 2 is 2.11 bits per heavy atom. The minimum atomic E-state index is -0.00301. The van der Waals surface area contributed by atoms with E-state index in [1.165, 1.54) is 0 Å². The topological polar surface area (TPSA) is 90.0 Å². The summed E-state index contributed by atoms with van der Waals surface area (Å²) < 4.78 is 3.59. The molecule has 0 aliphatic heterocycles. The molecule has 1 amide bonds. The maximum atomic E-state index is 12.0. The first-order valence-electron chi connectivity index (χ1n) is 8.85. The fourth-order valence-corrected chi connectivity index (χ4v) is 3.00. The largest absolute Gasteiger partial charge is 0.293 e. The molecule has 4 heterocycles. The van der Waals surface area contributed by atoms with E-state index in [-0.39, 0.29) is 11.8 Å². The van der Waals surface area contributed by atoms with Crippen molar-refractivity contribution >= 4 is 17.5 Å². The standard InChI is InChI=1S/C19H17N7O/c27-18(14-6-7-14)23-19-22-17-5-1-4-16(26(17)24-19)15-10-21-25(12-15)11-13-3-2-8-20-9-13/h1-5,8-10,12,14H,6-7,11H2,(H,23,24,27). The lowest BCUT2D eigenvalue weighted by Crippen LogP contribution is -2.14. The first kappa shape index (κ1) is 15.7. The number of rotatable bonds is 5.